The van der Waals surface area contributed by atoms with Gasteiger partial charge >= 0.3 is 0 Å². The van der Waals surface area contributed by atoms with E-state index in [1.807, 2.05) is 16.6 Å². The fourth-order valence-electron chi connectivity index (χ4n) is 2.31. The number of thioether (sulfide) groups is 1. The zero-order valence-corrected chi connectivity index (χ0v) is 12.3. The Morgan fingerprint density at radius 2 is 2.24 bits per heavy atom. The summed E-state index contributed by atoms with van der Waals surface area (Å²) < 4.78 is 1.88. The lowest BCUT2D eigenvalue weighted by molar-refractivity contribution is 0.751. The molecule has 0 spiro atoms. The van der Waals surface area contributed by atoms with Crippen LogP contribution in [0.4, 0.5) is 0 Å². The lowest BCUT2D eigenvalue weighted by atomic mass is 10.3. The van der Waals surface area contributed by atoms with Crippen molar-refractivity contribution in [3.63, 3.8) is 0 Å². The molecule has 2 unspecified atom stereocenters. The second kappa shape index (κ2) is 5.06. The van der Waals surface area contributed by atoms with Gasteiger partial charge in [0, 0.05) is 18.1 Å². The van der Waals surface area contributed by atoms with Crippen LogP contribution >= 0.6 is 11.8 Å². The average Bonchev–Trinajstić information content (AvgIpc) is 2.94. The lowest BCUT2D eigenvalue weighted by Crippen LogP contribution is -2.00. The monoisotopic (exact) mass is 302 g/mol. The minimum absolute atomic E-state index is 0.507. The standard InChI is InChI=1S/C12H14N8S/c1-7-6-8(7)12-16-15-10-2-3-11(17-20(10)12)21-5-4-9-13-18-19-14-9/h2-3,7-8H,4-6H2,1H3,(H,13,14,18,19). The summed E-state index contributed by atoms with van der Waals surface area (Å²) in [7, 11) is 0. The predicted molar refractivity (Wildman–Crippen MR) is 75.9 cm³/mol. The van der Waals surface area contributed by atoms with Crippen LogP contribution in [0, 0.1) is 5.92 Å². The Balaban J connectivity index is 1.50. The van der Waals surface area contributed by atoms with Crippen molar-refractivity contribution in [3.8, 4) is 0 Å². The number of aryl methyl sites for hydroxylation is 1. The molecule has 1 saturated carbocycles. The van der Waals surface area contributed by atoms with Crippen molar-refractivity contribution < 1.29 is 0 Å². The first-order valence-electron chi connectivity index (χ1n) is 6.89. The third-order valence-electron chi connectivity index (χ3n) is 3.67. The molecule has 0 radical (unpaired) electrons. The van der Waals surface area contributed by atoms with Gasteiger partial charge in [0.2, 0.25) is 0 Å². The topological polar surface area (TPSA) is 97.5 Å². The fourth-order valence-corrected chi connectivity index (χ4v) is 3.11. The minimum Gasteiger partial charge on any atom is -0.196 e. The van der Waals surface area contributed by atoms with E-state index in [-0.39, 0.29) is 0 Å². The molecule has 2 atom stereocenters. The average molecular weight is 302 g/mol. The van der Waals surface area contributed by atoms with E-state index in [0.717, 1.165) is 34.5 Å². The first kappa shape index (κ1) is 12.7. The number of nitrogens with one attached hydrogen (secondary N) is 1. The summed E-state index contributed by atoms with van der Waals surface area (Å²) in [6.07, 6.45) is 1.94. The number of H-pyrrole nitrogens is 1. The maximum absolute atomic E-state index is 4.64. The largest absolute Gasteiger partial charge is 0.196 e. The van der Waals surface area contributed by atoms with Gasteiger partial charge in [-0.25, -0.2) is 0 Å². The van der Waals surface area contributed by atoms with E-state index in [0.29, 0.717) is 11.8 Å². The van der Waals surface area contributed by atoms with Gasteiger partial charge in [-0.2, -0.15) is 14.8 Å². The highest BCUT2D eigenvalue weighted by molar-refractivity contribution is 7.99. The predicted octanol–water partition coefficient (Wildman–Crippen LogP) is 1.10. The number of aromatic amines is 1. The smallest absolute Gasteiger partial charge is 0.177 e. The van der Waals surface area contributed by atoms with E-state index in [1.54, 1.807) is 11.8 Å². The van der Waals surface area contributed by atoms with Crippen LogP contribution in [0.25, 0.3) is 5.65 Å². The third kappa shape index (κ3) is 2.48. The molecule has 3 heterocycles. The molecule has 8 nitrogen and oxygen atoms in total. The summed E-state index contributed by atoms with van der Waals surface area (Å²) in [6, 6.07) is 3.94. The number of hydrogen-bond acceptors (Lipinski definition) is 7. The van der Waals surface area contributed by atoms with Gasteiger partial charge in [-0.1, -0.05) is 12.1 Å². The van der Waals surface area contributed by atoms with Crippen LogP contribution in [0.15, 0.2) is 17.2 Å². The normalized spacial score (nSPS) is 21.0. The van der Waals surface area contributed by atoms with Crippen molar-refractivity contribution in [2.24, 2.45) is 5.92 Å². The first-order valence-corrected chi connectivity index (χ1v) is 7.87. The van der Waals surface area contributed by atoms with Crippen molar-refractivity contribution in [3.05, 3.63) is 23.8 Å². The van der Waals surface area contributed by atoms with Crippen LogP contribution in [0.3, 0.4) is 0 Å². The van der Waals surface area contributed by atoms with Gasteiger partial charge < -0.3 is 0 Å². The number of nitrogens with zero attached hydrogens (tertiary/aromatic N) is 7. The fraction of sp³-hybridized carbons (Fsp3) is 0.500. The van der Waals surface area contributed by atoms with Gasteiger partial charge in [0.05, 0.1) is 0 Å². The Bertz CT molecular complexity index is 752. The number of tetrazole rings is 1. The Morgan fingerprint density at radius 3 is 3.00 bits per heavy atom. The van der Waals surface area contributed by atoms with E-state index in [4.69, 9.17) is 0 Å². The molecule has 0 aliphatic heterocycles. The molecule has 1 N–H and O–H groups in total. The maximum Gasteiger partial charge on any atom is 0.177 e. The summed E-state index contributed by atoms with van der Waals surface area (Å²) in [5.41, 5.74) is 0.812. The van der Waals surface area contributed by atoms with Gasteiger partial charge in [-0.15, -0.1) is 32.2 Å². The molecule has 21 heavy (non-hydrogen) atoms. The van der Waals surface area contributed by atoms with Crippen LogP contribution in [0.1, 0.15) is 30.9 Å². The molecular formula is C12H14N8S. The first-order chi connectivity index (χ1) is 10.3. The molecule has 3 aromatic rings. The summed E-state index contributed by atoms with van der Waals surface area (Å²) in [5, 5.41) is 27.9. The van der Waals surface area contributed by atoms with Gasteiger partial charge in [-0.3, -0.25) is 0 Å². The number of hydrogen-bond donors (Lipinski definition) is 1. The lowest BCUT2D eigenvalue weighted by Gasteiger charge is -2.01. The van der Waals surface area contributed by atoms with Gasteiger partial charge in [0.25, 0.3) is 0 Å². The number of fused-ring (bicyclic) bond motifs is 1. The van der Waals surface area contributed by atoms with Crippen molar-refractivity contribution in [2.75, 3.05) is 5.75 Å². The van der Waals surface area contributed by atoms with Crippen molar-refractivity contribution in [1.29, 1.82) is 0 Å². The van der Waals surface area contributed by atoms with Gasteiger partial charge in [0.15, 0.2) is 17.3 Å². The molecule has 0 saturated heterocycles. The number of aromatic nitrogens is 8. The van der Waals surface area contributed by atoms with Crippen molar-refractivity contribution in [2.45, 2.75) is 30.7 Å². The van der Waals surface area contributed by atoms with E-state index in [1.165, 1.54) is 6.42 Å². The van der Waals surface area contributed by atoms with E-state index in [9.17, 15) is 0 Å². The van der Waals surface area contributed by atoms with E-state index >= 15 is 0 Å². The molecule has 3 aromatic heterocycles. The van der Waals surface area contributed by atoms with Crippen molar-refractivity contribution in [1.82, 2.24) is 40.4 Å². The molecule has 9 heteroatoms. The van der Waals surface area contributed by atoms with Crippen molar-refractivity contribution >= 4 is 17.4 Å². The summed E-state index contributed by atoms with van der Waals surface area (Å²) in [4.78, 5) is 0. The van der Waals surface area contributed by atoms with Crippen LogP contribution in [0.5, 0.6) is 0 Å². The molecule has 1 fully saturated rings. The van der Waals surface area contributed by atoms with Gasteiger partial charge in [0.1, 0.15) is 5.03 Å². The summed E-state index contributed by atoms with van der Waals surface area (Å²) in [6.45, 7) is 2.23. The molecule has 0 bridgehead atoms. The molecule has 0 aromatic carbocycles. The van der Waals surface area contributed by atoms with E-state index in [2.05, 4.69) is 42.8 Å². The van der Waals surface area contributed by atoms with Crippen LogP contribution in [0.2, 0.25) is 0 Å². The highest BCUT2D eigenvalue weighted by atomic mass is 32.2. The molecule has 0 amide bonds. The second-order valence-corrected chi connectivity index (χ2v) is 6.36. The Kier molecular flexibility index (Phi) is 3.06. The quantitative estimate of drug-likeness (QED) is 0.705. The molecular weight excluding hydrogens is 288 g/mol. The minimum atomic E-state index is 0.507. The zero-order valence-electron chi connectivity index (χ0n) is 11.5. The molecule has 1 aliphatic rings. The SMILES string of the molecule is CC1CC1c1nnc2ccc(SCCc3nn[nH]n3)nn12. The van der Waals surface area contributed by atoms with E-state index < -0.39 is 0 Å². The molecule has 1 aliphatic carbocycles. The maximum atomic E-state index is 4.64. The summed E-state index contributed by atoms with van der Waals surface area (Å²) in [5.74, 6) is 3.76. The number of rotatable bonds is 5. The van der Waals surface area contributed by atoms with Crippen LogP contribution in [-0.2, 0) is 6.42 Å². The van der Waals surface area contributed by atoms with Crippen LogP contribution < -0.4 is 0 Å². The Morgan fingerprint density at radius 1 is 1.33 bits per heavy atom. The second-order valence-electron chi connectivity index (χ2n) is 5.25. The van der Waals surface area contributed by atoms with Gasteiger partial charge in [-0.05, 0) is 24.5 Å². The summed E-state index contributed by atoms with van der Waals surface area (Å²) >= 11 is 1.67. The van der Waals surface area contributed by atoms with Crippen LogP contribution in [-0.4, -0.2) is 46.2 Å². The zero-order chi connectivity index (χ0) is 14.2. The molecule has 4 rings (SSSR count). The third-order valence-corrected chi connectivity index (χ3v) is 4.59. The Labute approximate surface area is 124 Å². The molecule has 108 valence electrons. The highest BCUT2D eigenvalue weighted by Crippen LogP contribution is 2.45. The highest BCUT2D eigenvalue weighted by Gasteiger charge is 2.38. The Hall–Kier alpha value is -2.03.